The molecule has 0 saturated heterocycles. The Morgan fingerprint density at radius 3 is 2.69 bits per heavy atom. The molecule has 0 bridgehead atoms. The molecule has 3 aromatic carbocycles. The molecule has 5 nitrogen and oxygen atoms in total. The number of carbonyl (C=O) groups excluding carboxylic acids is 1. The number of para-hydroxylation sites is 1. The molecule has 7 heteroatoms. The highest BCUT2D eigenvalue weighted by Gasteiger charge is 2.14. The summed E-state index contributed by atoms with van der Waals surface area (Å²) in [5.41, 5.74) is 3.88. The molecule has 0 radical (unpaired) electrons. The van der Waals surface area contributed by atoms with Crippen molar-refractivity contribution in [3.05, 3.63) is 76.3 Å². The molecule has 1 aromatic heterocycles. The molecule has 4 aromatic rings. The van der Waals surface area contributed by atoms with E-state index >= 15 is 0 Å². The summed E-state index contributed by atoms with van der Waals surface area (Å²) >= 11 is 12.3. The normalized spacial score (nSPS) is 12.0. The standard InChI is InChI=1S/C25H22Cl2N2O3/c1-3-15(2)16-9-11-23-21(12-16)29-25(32-23)17-8-10-18(26)20(13-17)28-24(30)14-31-22-7-5-4-6-19(22)27/h4-13,15H,3,14H2,1-2H3,(H,28,30)/t15-/m0/s1. The quantitative estimate of drug-likeness (QED) is 0.308. The first kappa shape index (κ1) is 22.2. The number of amides is 1. The molecule has 0 unspecified atom stereocenters. The number of nitrogens with zero attached hydrogens (tertiary/aromatic N) is 1. The molecule has 32 heavy (non-hydrogen) atoms. The van der Waals surface area contributed by atoms with Gasteiger partial charge in [0.2, 0.25) is 5.89 Å². The third-order valence-electron chi connectivity index (χ3n) is 5.28. The maximum Gasteiger partial charge on any atom is 0.262 e. The van der Waals surface area contributed by atoms with Crippen LogP contribution in [0, 0.1) is 0 Å². The van der Waals surface area contributed by atoms with Crippen LogP contribution in [0.25, 0.3) is 22.6 Å². The number of anilines is 1. The first-order valence-electron chi connectivity index (χ1n) is 10.3. The minimum Gasteiger partial charge on any atom is -0.482 e. The lowest BCUT2D eigenvalue weighted by molar-refractivity contribution is -0.118. The summed E-state index contributed by atoms with van der Waals surface area (Å²) in [4.78, 5) is 17.0. The highest BCUT2D eigenvalue weighted by molar-refractivity contribution is 6.34. The zero-order chi connectivity index (χ0) is 22.7. The average molecular weight is 469 g/mol. The molecular weight excluding hydrogens is 447 g/mol. The van der Waals surface area contributed by atoms with Crippen molar-refractivity contribution in [3.8, 4) is 17.2 Å². The van der Waals surface area contributed by atoms with Gasteiger partial charge in [-0.2, -0.15) is 0 Å². The van der Waals surface area contributed by atoms with Gasteiger partial charge in [-0.15, -0.1) is 0 Å². The van der Waals surface area contributed by atoms with Gasteiger partial charge in [-0.1, -0.05) is 55.2 Å². The van der Waals surface area contributed by atoms with E-state index in [9.17, 15) is 4.79 Å². The van der Waals surface area contributed by atoms with Crippen molar-refractivity contribution in [2.24, 2.45) is 0 Å². The number of hydrogen-bond donors (Lipinski definition) is 1. The van der Waals surface area contributed by atoms with E-state index in [1.807, 2.05) is 6.07 Å². The number of carbonyl (C=O) groups is 1. The SMILES string of the molecule is CC[C@H](C)c1ccc2oc(-c3ccc(Cl)c(NC(=O)COc4ccccc4Cl)c3)nc2c1. The summed E-state index contributed by atoms with van der Waals surface area (Å²) in [5.74, 6) is 0.984. The number of oxazole rings is 1. The molecule has 0 fully saturated rings. The summed E-state index contributed by atoms with van der Waals surface area (Å²) in [5, 5.41) is 3.60. The van der Waals surface area contributed by atoms with Crippen molar-refractivity contribution in [1.29, 1.82) is 0 Å². The second-order valence-electron chi connectivity index (χ2n) is 7.52. The Bertz CT molecular complexity index is 1270. The van der Waals surface area contributed by atoms with E-state index in [0.29, 0.717) is 44.4 Å². The van der Waals surface area contributed by atoms with E-state index in [0.717, 1.165) is 11.9 Å². The minimum absolute atomic E-state index is 0.203. The van der Waals surface area contributed by atoms with Crippen LogP contribution in [-0.4, -0.2) is 17.5 Å². The van der Waals surface area contributed by atoms with E-state index < -0.39 is 0 Å². The third-order valence-corrected chi connectivity index (χ3v) is 5.92. The number of rotatable bonds is 7. The van der Waals surface area contributed by atoms with Crippen LogP contribution < -0.4 is 10.1 Å². The average Bonchev–Trinajstić information content (AvgIpc) is 3.23. The van der Waals surface area contributed by atoms with Gasteiger partial charge in [0.15, 0.2) is 12.2 Å². The van der Waals surface area contributed by atoms with E-state index in [2.05, 4.69) is 36.3 Å². The summed E-state index contributed by atoms with van der Waals surface area (Å²) in [6.45, 7) is 4.14. The van der Waals surface area contributed by atoms with Crippen LogP contribution in [0.3, 0.4) is 0 Å². The number of halogens is 2. The highest BCUT2D eigenvalue weighted by atomic mass is 35.5. The van der Waals surface area contributed by atoms with Gasteiger partial charge in [0.25, 0.3) is 5.91 Å². The molecular formula is C25H22Cl2N2O3. The second kappa shape index (κ2) is 9.63. The minimum atomic E-state index is -0.361. The van der Waals surface area contributed by atoms with Gasteiger partial charge in [-0.25, -0.2) is 4.98 Å². The lowest BCUT2D eigenvalue weighted by Crippen LogP contribution is -2.20. The molecule has 164 valence electrons. The lowest BCUT2D eigenvalue weighted by atomic mass is 9.98. The van der Waals surface area contributed by atoms with Gasteiger partial charge in [-0.3, -0.25) is 4.79 Å². The van der Waals surface area contributed by atoms with Gasteiger partial charge in [0.05, 0.1) is 15.7 Å². The maximum atomic E-state index is 12.4. The van der Waals surface area contributed by atoms with Crippen LogP contribution in [0.5, 0.6) is 5.75 Å². The van der Waals surface area contributed by atoms with Crippen LogP contribution in [-0.2, 0) is 4.79 Å². The molecule has 0 saturated carbocycles. The smallest absolute Gasteiger partial charge is 0.262 e. The van der Waals surface area contributed by atoms with Crippen molar-refractivity contribution in [2.75, 3.05) is 11.9 Å². The van der Waals surface area contributed by atoms with E-state index in [-0.39, 0.29) is 12.5 Å². The predicted octanol–water partition coefficient (Wildman–Crippen LogP) is 7.33. The van der Waals surface area contributed by atoms with Gasteiger partial charge in [0.1, 0.15) is 11.3 Å². The highest BCUT2D eigenvalue weighted by Crippen LogP contribution is 2.32. The van der Waals surface area contributed by atoms with Crippen LogP contribution >= 0.6 is 23.2 Å². The Kier molecular flexibility index (Phi) is 6.68. The fourth-order valence-corrected chi connectivity index (χ4v) is 3.61. The van der Waals surface area contributed by atoms with Crippen LogP contribution in [0.4, 0.5) is 5.69 Å². The molecule has 1 heterocycles. The van der Waals surface area contributed by atoms with E-state index in [1.165, 1.54) is 5.56 Å². The molecule has 0 spiro atoms. The first-order valence-corrected chi connectivity index (χ1v) is 11.1. The molecule has 0 aliphatic rings. The fraction of sp³-hybridized carbons (Fsp3) is 0.200. The Morgan fingerprint density at radius 2 is 1.91 bits per heavy atom. The van der Waals surface area contributed by atoms with Crippen molar-refractivity contribution < 1.29 is 13.9 Å². The largest absolute Gasteiger partial charge is 0.482 e. The third kappa shape index (κ3) is 4.90. The zero-order valence-electron chi connectivity index (χ0n) is 17.7. The van der Waals surface area contributed by atoms with Gasteiger partial charge in [0, 0.05) is 5.56 Å². The molecule has 0 aliphatic carbocycles. The van der Waals surface area contributed by atoms with Crippen molar-refractivity contribution >= 4 is 45.9 Å². The Balaban J connectivity index is 1.52. The van der Waals surface area contributed by atoms with Gasteiger partial charge in [-0.05, 0) is 60.4 Å². The van der Waals surface area contributed by atoms with Crippen molar-refractivity contribution in [1.82, 2.24) is 4.98 Å². The lowest BCUT2D eigenvalue weighted by Gasteiger charge is -2.10. The number of aromatic nitrogens is 1. The summed E-state index contributed by atoms with van der Waals surface area (Å²) < 4.78 is 11.4. The van der Waals surface area contributed by atoms with Gasteiger partial charge < -0.3 is 14.5 Å². The number of benzene rings is 3. The summed E-state index contributed by atoms with van der Waals surface area (Å²) in [6, 6.07) is 18.3. The predicted molar refractivity (Wildman–Crippen MR) is 129 cm³/mol. The number of hydrogen-bond acceptors (Lipinski definition) is 4. The Morgan fingerprint density at radius 1 is 1.09 bits per heavy atom. The van der Waals surface area contributed by atoms with E-state index in [1.54, 1.807) is 42.5 Å². The van der Waals surface area contributed by atoms with Crippen molar-refractivity contribution in [2.45, 2.75) is 26.2 Å². The summed E-state index contributed by atoms with van der Waals surface area (Å²) in [7, 11) is 0. The van der Waals surface area contributed by atoms with Crippen molar-refractivity contribution in [3.63, 3.8) is 0 Å². The Hall–Kier alpha value is -3.02. The fourth-order valence-electron chi connectivity index (χ4n) is 3.26. The van der Waals surface area contributed by atoms with Crippen LogP contribution in [0.1, 0.15) is 31.7 Å². The van der Waals surface area contributed by atoms with Crippen LogP contribution in [0.15, 0.2) is 65.1 Å². The first-order chi connectivity index (χ1) is 15.4. The molecule has 1 N–H and O–H groups in total. The van der Waals surface area contributed by atoms with Crippen LogP contribution in [0.2, 0.25) is 10.0 Å². The molecule has 4 rings (SSSR count). The van der Waals surface area contributed by atoms with Gasteiger partial charge >= 0.3 is 0 Å². The molecule has 1 atom stereocenters. The monoisotopic (exact) mass is 468 g/mol. The van der Waals surface area contributed by atoms with E-state index in [4.69, 9.17) is 32.4 Å². The molecule has 0 aliphatic heterocycles. The Labute approximate surface area is 196 Å². The number of ether oxygens (including phenoxy) is 1. The zero-order valence-corrected chi connectivity index (χ0v) is 19.2. The topological polar surface area (TPSA) is 64.4 Å². The number of fused-ring (bicyclic) bond motifs is 1. The number of nitrogens with one attached hydrogen (secondary N) is 1. The second-order valence-corrected chi connectivity index (χ2v) is 8.33. The molecule has 1 amide bonds. The summed E-state index contributed by atoms with van der Waals surface area (Å²) in [6.07, 6.45) is 1.05. The maximum absolute atomic E-state index is 12.4.